The van der Waals surface area contributed by atoms with E-state index < -0.39 is 32.1 Å². The van der Waals surface area contributed by atoms with E-state index in [1.165, 1.54) is 6.92 Å². The molecule has 0 aromatic heterocycles. The van der Waals surface area contributed by atoms with Crippen LogP contribution in [0.5, 0.6) is 0 Å². The number of ether oxygens (including phenoxy) is 1. The normalized spacial score (nSPS) is 16.1. The number of rotatable bonds is 5. The summed E-state index contributed by atoms with van der Waals surface area (Å²) in [6.07, 6.45) is -1.86. The van der Waals surface area contributed by atoms with Crippen LogP contribution in [0.1, 0.15) is 13.3 Å². The average molecular weight is 228 g/mol. The molecule has 0 saturated carbocycles. The quantitative estimate of drug-likeness (QED) is 0.344. The molecule has 0 saturated heterocycles. The molecular weight excluding hydrogens is 215 g/mol. The molecular formula is C6H13O7P. The molecule has 0 spiro atoms. The van der Waals surface area contributed by atoms with Crippen molar-refractivity contribution >= 4 is 13.6 Å². The number of aliphatic hydroxyl groups excluding tert-OH is 2. The Morgan fingerprint density at radius 1 is 1.50 bits per heavy atom. The van der Waals surface area contributed by atoms with Gasteiger partial charge in [-0.2, -0.15) is 0 Å². The molecule has 0 bridgehead atoms. The molecule has 0 heterocycles. The van der Waals surface area contributed by atoms with Crippen molar-refractivity contribution in [1.82, 2.24) is 0 Å². The Morgan fingerprint density at radius 2 is 2.00 bits per heavy atom. The number of aliphatic hydroxyl groups is 2. The van der Waals surface area contributed by atoms with E-state index in [0.717, 1.165) is 0 Å². The molecule has 4 N–H and O–H groups in total. The van der Waals surface area contributed by atoms with E-state index in [9.17, 15) is 9.36 Å². The molecule has 7 nitrogen and oxygen atoms in total. The van der Waals surface area contributed by atoms with Crippen molar-refractivity contribution in [2.75, 3.05) is 6.61 Å². The third-order valence-corrected chi connectivity index (χ3v) is 2.50. The smallest absolute Gasteiger partial charge is 0.368 e. The standard InChI is InChI=1S/C6H13O7P/c1-2-5(9)13-6(4(8)3-7)14(10,11)12/h4,6-8H,2-3H2,1H3,(H2,10,11,12). The van der Waals surface area contributed by atoms with Crippen molar-refractivity contribution in [2.45, 2.75) is 25.3 Å². The van der Waals surface area contributed by atoms with E-state index in [2.05, 4.69) is 4.74 Å². The highest BCUT2D eigenvalue weighted by atomic mass is 31.2. The van der Waals surface area contributed by atoms with Gasteiger partial charge in [-0.25, -0.2) is 0 Å². The van der Waals surface area contributed by atoms with Gasteiger partial charge in [-0.1, -0.05) is 6.92 Å². The number of carbonyl (C=O) groups is 1. The first kappa shape index (κ1) is 13.5. The summed E-state index contributed by atoms with van der Waals surface area (Å²) in [7, 11) is -4.77. The van der Waals surface area contributed by atoms with Crippen LogP contribution < -0.4 is 0 Å². The number of esters is 1. The summed E-state index contributed by atoms with van der Waals surface area (Å²) < 4.78 is 15.0. The lowest BCUT2D eigenvalue weighted by Gasteiger charge is -2.22. The Labute approximate surface area is 80.5 Å². The Balaban J connectivity index is 4.58. The first-order valence-electron chi connectivity index (χ1n) is 3.86. The predicted molar refractivity (Wildman–Crippen MR) is 45.3 cm³/mol. The Hall–Kier alpha value is -0.460. The molecule has 2 unspecified atom stereocenters. The SMILES string of the molecule is CCC(=O)OC(C(O)CO)P(=O)(O)O. The van der Waals surface area contributed by atoms with Crippen LogP contribution in [-0.4, -0.2) is 44.5 Å². The second-order valence-corrected chi connectivity index (χ2v) is 4.26. The van der Waals surface area contributed by atoms with Crippen molar-refractivity contribution in [3.05, 3.63) is 0 Å². The van der Waals surface area contributed by atoms with Crippen LogP contribution in [0.4, 0.5) is 0 Å². The van der Waals surface area contributed by atoms with Crippen LogP contribution in [0.25, 0.3) is 0 Å². The van der Waals surface area contributed by atoms with Gasteiger partial charge in [-0.15, -0.1) is 0 Å². The molecule has 84 valence electrons. The molecule has 0 rings (SSSR count). The van der Waals surface area contributed by atoms with Crippen molar-refractivity contribution in [3.63, 3.8) is 0 Å². The minimum Gasteiger partial charge on any atom is -0.446 e. The van der Waals surface area contributed by atoms with Gasteiger partial charge in [0.25, 0.3) is 0 Å². The summed E-state index contributed by atoms with van der Waals surface area (Å²) in [5, 5.41) is 17.4. The van der Waals surface area contributed by atoms with Gasteiger partial charge in [0, 0.05) is 6.42 Å². The van der Waals surface area contributed by atoms with Gasteiger partial charge in [0.15, 0.2) is 0 Å². The zero-order valence-corrected chi connectivity index (χ0v) is 8.42. The molecule has 0 radical (unpaired) electrons. The fourth-order valence-electron chi connectivity index (χ4n) is 0.680. The molecule has 0 amide bonds. The lowest BCUT2D eigenvalue weighted by molar-refractivity contribution is -0.151. The van der Waals surface area contributed by atoms with E-state index in [-0.39, 0.29) is 6.42 Å². The van der Waals surface area contributed by atoms with Crippen LogP contribution in [0.3, 0.4) is 0 Å². The van der Waals surface area contributed by atoms with Gasteiger partial charge in [0.05, 0.1) is 6.61 Å². The molecule has 14 heavy (non-hydrogen) atoms. The van der Waals surface area contributed by atoms with Gasteiger partial charge in [-0.05, 0) is 0 Å². The summed E-state index contributed by atoms with van der Waals surface area (Å²) >= 11 is 0. The van der Waals surface area contributed by atoms with E-state index in [4.69, 9.17) is 20.0 Å². The van der Waals surface area contributed by atoms with Crippen molar-refractivity contribution in [2.24, 2.45) is 0 Å². The Morgan fingerprint density at radius 3 is 2.29 bits per heavy atom. The van der Waals surface area contributed by atoms with Crippen molar-refractivity contribution in [3.8, 4) is 0 Å². The number of carbonyl (C=O) groups excluding carboxylic acids is 1. The van der Waals surface area contributed by atoms with Crippen LogP contribution in [0, 0.1) is 0 Å². The monoisotopic (exact) mass is 228 g/mol. The molecule has 2 atom stereocenters. The number of hydrogen-bond donors (Lipinski definition) is 4. The lowest BCUT2D eigenvalue weighted by atomic mass is 10.4. The highest BCUT2D eigenvalue weighted by Gasteiger charge is 2.38. The minimum atomic E-state index is -4.77. The fraction of sp³-hybridized carbons (Fsp3) is 0.833. The van der Waals surface area contributed by atoms with Gasteiger partial charge < -0.3 is 24.7 Å². The average Bonchev–Trinajstić information content (AvgIpc) is 2.10. The maximum atomic E-state index is 10.7. The Kier molecular flexibility index (Phi) is 5.25. The Bertz CT molecular complexity index is 234. The fourth-order valence-corrected chi connectivity index (χ4v) is 1.48. The summed E-state index contributed by atoms with van der Waals surface area (Å²) in [4.78, 5) is 28.1. The van der Waals surface area contributed by atoms with Gasteiger partial charge in [0.2, 0.25) is 5.85 Å². The zero-order chi connectivity index (χ0) is 11.4. The van der Waals surface area contributed by atoms with Gasteiger partial charge >= 0.3 is 13.6 Å². The summed E-state index contributed by atoms with van der Waals surface area (Å²) in [6, 6.07) is 0. The van der Waals surface area contributed by atoms with Crippen molar-refractivity contribution < 1.29 is 34.1 Å². The molecule has 0 aromatic carbocycles. The largest absolute Gasteiger partial charge is 0.446 e. The number of hydrogen-bond acceptors (Lipinski definition) is 5. The van der Waals surface area contributed by atoms with Gasteiger partial charge in [-0.3, -0.25) is 9.36 Å². The molecule has 0 fully saturated rings. The topological polar surface area (TPSA) is 124 Å². The van der Waals surface area contributed by atoms with E-state index in [0.29, 0.717) is 0 Å². The first-order valence-corrected chi connectivity index (χ1v) is 5.54. The van der Waals surface area contributed by atoms with Gasteiger partial charge in [0.1, 0.15) is 6.10 Å². The minimum absolute atomic E-state index is 0.0748. The van der Waals surface area contributed by atoms with Crippen LogP contribution in [0.15, 0.2) is 0 Å². The summed E-state index contributed by atoms with van der Waals surface area (Å²) in [6.45, 7) is 0.539. The third kappa shape index (κ3) is 4.17. The van der Waals surface area contributed by atoms with E-state index in [1.54, 1.807) is 0 Å². The second-order valence-electron chi connectivity index (χ2n) is 2.57. The molecule has 8 heteroatoms. The molecule has 0 aliphatic carbocycles. The molecule has 0 aliphatic rings. The van der Waals surface area contributed by atoms with Crippen molar-refractivity contribution in [1.29, 1.82) is 0 Å². The van der Waals surface area contributed by atoms with Crippen LogP contribution in [0.2, 0.25) is 0 Å². The lowest BCUT2D eigenvalue weighted by Crippen LogP contribution is -2.33. The maximum Gasteiger partial charge on any atom is 0.368 e. The highest BCUT2D eigenvalue weighted by molar-refractivity contribution is 7.52. The maximum absolute atomic E-state index is 10.7. The second kappa shape index (κ2) is 5.43. The summed E-state index contributed by atoms with van der Waals surface area (Å²) in [5.74, 6) is -2.86. The highest BCUT2D eigenvalue weighted by Crippen LogP contribution is 2.43. The zero-order valence-electron chi connectivity index (χ0n) is 7.53. The molecule has 0 aliphatic heterocycles. The summed E-state index contributed by atoms with van der Waals surface area (Å²) in [5.41, 5.74) is 0. The van der Waals surface area contributed by atoms with Crippen LogP contribution >= 0.6 is 7.60 Å². The van der Waals surface area contributed by atoms with E-state index >= 15 is 0 Å². The third-order valence-electron chi connectivity index (χ3n) is 1.39. The predicted octanol–water partition coefficient (Wildman–Crippen LogP) is -1.20. The molecule has 0 aromatic rings. The first-order chi connectivity index (χ1) is 6.32. The van der Waals surface area contributed by atoms with Crippen LogP contribution in [-0.2, 0) is 14.1 Å². The van der Waals surface area contributed by atoms with E-state index in [1.807, 2.05) is 0 Å².